The number of aromatic nitrogens is 3. The second-order valence-corrected chi connectivity index (χ2v) is 15.6. The molecule has 1 fully saturated rings. The van der Waals surface area contributed by atoms with Crippen molar-refractivity contribution in [2.45, 2.75) is 38.2 Å². The molecule has 3 aromatic carbocycles. The SMILES string of the molecule is O=C(O)C1CN(Cc2ccccc2)CC1C(=O)O.O=C(O)Cc1c(C(=O)O)[nH]c2cc(C(=O)O)ccc12.O=C(O)c1[nH]c(C(=O)O)c(CC(F)(F)F)c1CC(F)(F)F.O=C(O)c1cc(C(=O)O)c2cc[nH]c2c1. The maximum Gasteiger partial charge on any atom is 0.393 e. The molecule has 73 heavy (non-hydrogen) atoms. The number of alkyl halides is 6. The van der Waals surface area contributed by atoms with E-state index < -0.39 is 120 Å². The van der Waals surface area contributed by atoms with E-state index in [0.717, 1.165) is 11.6 Å². The van der Waals surface area contributed by atoms with Gasteiger partial charge < -0.3 is 60.9 Å². The predicted octanol–water partition coefficient (Wildman–Crippen LogP) is 6.28. The highest BCUT2D eigenvalue weighted by Gasteiger charge is 2.42. The smallest absolute Gasteiger partial charge is 0.393 e. The summed E-state index contributed by atoms with van der Waals surface area (Å²) in [5.74, 6) is -13.5. The van der Waals surface area contributed by atoms with Gasteiger partial charge in [0.25, 0.3) is 0 Å². The lowest BCUT2D eigenvalue weighted by molar-refractivity contribution is -0.151. The Morgan fingerprint density at radius 2 is 1.00 bits per heavy atom. The van der Waals surface area contributed by atoms with Gasteiger partial charge in [-0.05, 0) is 47.0 Å². The largest absolute Gasteiger partial charge is 0.481 e. The highest BCUT2D eigenvalue weighted by molar-refractivity contribution is 6.06. The number of hydrogen-bond donors (Lipinski definition) is 12. The maximum absolute atomic E-state index is 12.4. The van der Waals surface area contributed by atoms with Gasteiger partial charge in [-0.1, -0.05) is 36.4 Å². The number of hydrogen-bond acceptors (Lipinski definition) is 10. The number of halogens is 6. The molecular formula is C45H38F6N4O18. The second-order valence-electron chi connectivity index (χ2n) is 15.6. The normalized spacial score (nSPS) is 14.4. The lowest BCUT2D eigenvalue weighted by atomic mass is 9.97. The molecule has 0 spiro atoms. The molecule has 1 aliphatic rings. The van der Waals surface area contributed by atoms with Crippen LogP contribution >= 0.6 is 0 Å². The zero-order valence-electron chi connectivity index (χ0n) is 36.7. The molecule has 0 bridgehead atoms. The fraction of sp³-hybridized carbons (Fsp3) is 0.222. The fourth-order valence-electron chi connectivity index (χ4n) is 7.46. The third-order valence-electron chi connectivity index (χ3n) is 10.5. The lowest BCUT2D eigenvalue weighted by Crippen LogP contribution is -2.28. The monoisotopic (exact) mass is 1040 g/mol. The van der Waals surface area contributed by atoms with Crippen LogP contribution in [0.25, 0.3) is 21.8 Å². The standard InChI is InChI=1S/C13H15NO4.C12H9NO6.C10H7F6NO4.C10H7NO4/c15-12(16)10-7-14(8-11(10)13(17)18)6-9-4-2-1-3-5-9;14-9(15)4-7-6-2-1-5(11(16)17)3-8(6)13-10(7)12(18)19;11-9(12,13)1-3-4(2-10(14,15)16)6(8(20)21)17-5(3)7(18)19;12-9(13)5-3-7(10(14)15)6-1-2-11-8(6)4-5/h1-5,10-11H,6-8H2,(H,15,16)(H,17,18);1-3,13H,4H2,(H,14,15)(H,16,17)(H,18,19);17H,1-2H2,(H,18,19)(H,20,21);1-4,11H,(H,12,13)(H,14,15). The number of fused-ring (bicyclic) bond motifs is 2. The molecule has 1 aliphatic heterocycles. The molecule has 7 rings (SSSR count). The third kappa shape index (κ3) is 15.1. The number of carboxylic acids is 9. The Labute approximate surface area is 402 Å². The summed E-state index contributed by atoms with van der Waals surface area (Å²) in [6.45, 7) is 1.18. The van der Waals surface area contributed by atoms with Crippen molar-refractivity contribution in [3.63, 3.8) is 0 Å². The summed E-state index contributed by atoms with van der Waals surface area (Å²) in [7, 11) is 0. The first-order chi connectivity index (χ1) is 33.9. The van der Waals surface area contributed by atoms with Crippen molar-refractivity contribution in [2.24, 2.45) is 11.8 Å². The summed E-state index contributed by atoms with van der Waals surface area (Å²) in [6, 6.07) is 17.8. The first-order valence-corrected chi connectivity index (χ1v) is 20.3. The molecule has 0 aliphatic carbocycles. The van der Waals surface area contributed by atoms with E-state index >= 15 is 0 Å². The number of benzene rings is 3. The van der Waals surface area contributed by atoms with Gasteiger partial charge in [-0.3, -0.25) is 19.3 Å². The van der Waals surface area contributed by atoms with E-state index in [1.54, 1.807) is 17.2 Å². The third-order valence-corrected chi connectivity index (χ3v) is 10.5. The van der Waals surface area contributed by atoms with Gasteiger partial charge in [0.1, 0.15) is 17.1 Å². The number of carboxylic acid groups (broad SMARTS) is 9. The molecule has 1 saturated heterocycles. The van der Waals surface area contributed by atoms with E-state index in [-0.39, 0.29) is 33.5 Å². The van der Waals surface area contributed by atoms with Crippen molar-refractivity contribution < 1.29 is 115 Å². The van der Waals surface area contributed by atoms with Crippen molar-refractivity contribution >= 4 is 75.5 Å². The average molecular weight is 1040 g/mol. The number of aromatic carboxylic acids is 6. The minimum atomic E-state index is -5.00. The number of nitrogens with zero attached hydrogens (tertiary/aromatic N) is 1. The number of aliphatic carboxylic acids is 3. The molecule has 2 unspecified atom stereocenters. The zero-order valence-corrected chi connectivity index (χ0v) is 36.7. The van der Waals surface area contributed by atoms with Crippen LogP contribution in [-0.2, 0) is 40.2 Å². The molecule has 0 saturated carbocycles. The van der Waals surface area contributed by atoms with E-state index in [0.29, 0.717) is 35.9 Å². The molecule has 0 radical (unpaired) electrons. The molecule has 0 amide bonds. The van der Waals surface area contributed by atoms with Crippen LogP contribution in [0.4, 0.5) is 26.3 Å². The summed E-state index contributed by atoms with van der Waals surface area (Å²) in [5.41, 5.74) is -3.20. The molecule has 3 aromatic heterocycles. The average Bonchev–Trinajstić information content (AvgIpc) is 4.08. The van der Waals surface area contributed by atoms with Crippen molar-refractivity contribution in [1.29, 1.82) is 0 Å². The minimum Gasteiger partial charge on any atom is -0.481 e. The molecule has 22 nitrogen and oxygen atoms in total. The lowest BCUT2D eigenvalue weighted by Gasteiger charge is -2.14. The summed E-state index contributed by atoms with van der Waals surface area (Å²) in [6.07, 6.45) is -12.8. The van der Waals surface area contributed by atoms with E-state index in [2.05, 4.69) is 9.97 Å². The molecule has 28 heteroatoms. The van der Waals surface area contributed by atoms with Gasteiger partial charge in [0, 0.05) is 53.2 Å². The topological polar surface area (TPSA) is 386 Å². The highest BCUT2D eigenvalue weighted by Crippen LogP contribution is 2.33. The number of carbonyl (C=O) groups is 9. The number of H-pyrrole nitrogens is 3. The number of rotatable bonds is 14. The van der Waals surface area contributed by atoms with Crippen LogP contribution in [0.15, 0.2) is 72.9 Å². The molecule has 6 aromatic rings. The Kier molecular flexibility index (Phi) is 17.9. The Morgan fingerprint density at radius 3 is 1.42 bits per heavy atom. The van der Waals surface area contributed by atoms with E-state index in [4.69, 9.17) is 46.0 Å². The Morgan fingerprint density at radius 1 is 0.521 bits per heavy atom. The molecule has 12 N–H and O–H groups in total. The van der Waals surface area contributed by atoms with Crippen LogP contribution < -0.4 is 0 Å². The number of aromatic amines is 3. The highest BCUT2D eigenvalue weighted by atomic mass is 19.4. The van der Waals surface area contributed by atoms with Gasteiger partial charge in [-0.25, -0.2) is 28.8 Å². The van der Waals surface area contributed by atoms with Gasteiger partial charge >= 0.3 is 66.1 Å². The van der Waals surface area contributed by atoms with E-state index in [9.17, 15) is 69.5 Å². The summed E-state index contributed by atoms with van der Waals surface area (Å²) >= 11 is 0. The van der Waals surface area contributed by atoms with Crippen LogP contribution in [0.5, 0.6) is 0 Å². The van der Waals surface area contributed by atoms with Crippen molar-refractivity contribution in [1.82, 2.24) is 19.9 Å². The molecule has 388 valence electrons. The molecule has 2 atom stereocenters. The number of likely N-dealkylation sites (tertiary alicyclic amines) is 1. The van der Waals surface area contributed by atoms with Gasteiger partial charge in [-0.15, -0.1) is 0 Å². The van der Waals surface area contributed by atoms with E-state index in [1.807, 2.05) is 35.2 Å². The van der Waals surface area contributed by atoms with Crippen LogP contribution in [0.3, 0.4) is 0 Å². The first kappa shape index (κ1) is 56.4. The predicted molar refractivity (Wildman–Crippen MR) is 234 cm³/mol. The van der Waals surface area contributed by atoms with Gasteiger partial charge in [0.15, 0.2) is 0 Å². The Bertz CT molecular complexity index is 3030. The Hall–Kier alpha value is -9.21. The number of nitrogens with one attached hydrogen (secondary N) is 3. The van der Waals surface area contributed by atoms with Gasteiger partial charge in [0.05, 0.1) is 47.8 Å². The van der Waals surface area contributed by atoms with Crippen LogP contribution in [0.1, 0.15) is 84.8 Å². The zero-order chi connectivity index (χ0) is 54.9. The van der Waals surface area contributed by atoms with Gasteiger partial charge in [0.2, 0.25) is 0 Å². The van der Waals surface area contributed by atoms with Gasteiger partial charge in [-0.2, -0.15) is 26.3 Å². The van der Waals surface area contributed by atoms with Crippen LogP contribution in [0.2, 0.25) is 0 Å². The van der Waals surface area contributed by atoms with Crippen molar-refractivity contribution in [2.75, 3.05) is 13.1 Å². The van der Waals surface area contributed by atoms with Crippen molar-refractivity contribution in [3.8, 4) is 0 Å². The first-order valence-electron chi connectivity index (χ1n) is 20.3. The fourth-order valence-corrected chi connectivity index (χ4v) is 7.46. The minimum absolute atomic E-state index is 0.00689. The molecule has 4 heterocycles. The van der Waals surface area contributed by atoms with Crippen LogP contribution in [-0.4, -0.2) is 145 Å². The Balaban J connectivity index is 0.000000212. The molecular weight excluding hydrogens is 998 g/mol. The summed E-state index contributed by atoms with van der Waals surface area (Å²) < 4.78 is 74.2. The van der Waals surface area contributed by atoms with E-state index in [1.165, 1.54) is 24.3 Å². The quantitative estimate of drug-likeness (QED) is 0.0534. The maximum atomic E-state index is 12.4. The second kappa shape index (κ2) is 23.1. The van der Waals surface area contributed by atoms with Crippen molar-refractivity contribution in [3.05, 3.63) is 129 Å². The summed E-state index contributed by atoms with van der Waals surface area (Å²) in [4.78, 5) is 107. The summed E-state index contributed by atoms with van der Waals surface area (Å²) in [5, 5.41) is 80.7. The van der Waals surface area contributed by atoms with Crippen LogP contribution in [0, 0.1) is 11.8 Å².